The lowest BCUT2D eigenvalue weighted by Gasteiger charge is -2.11. The Hall–Kier alpha value is -1.91. The van der Waals surface area contributed by atoms with Crippen molar-refractivity contribution in [3.8, 4) is 11.5 Å². The monoisotopic (exact) mass is 225 g/mol. The predicted molar refractivity (Wildman–Crippen MR) is 58.7 cm³/mol. The second-order valence-corrected chi connectivity index (χ2v) is 3.82. The van der Waals surface area contributed by atoms with E-state index < -0.39 is 6.09 Å². The first-order valence-electron chi connectivity index (χ1n) is 4.96. The summed E-state index contributed by atoms with van der Waals surface area (Å²) in [4.78, 5) is 10.3. The van der Waals surface area contributed by atoms with Gasteiger partial charge in [0.1, 0.15) is 0 Å². The van der Waals surface area contributed by atoms with E-state index in [0.29, 0.717) is 13.0 Å². The molecule has 1 aromatic carbocycles. The number of phenolic OH excluding ortho intramolecular Hbond substituents is 2. The molecule has 16 heavy (non-hydrogen) atoms. The SMILES string of the molecule is CC(CNC(=O)O)Cc1ccc(O)c(O)c1. The van der Waals surface area contributed by atoms with Crippen LogP contribution < -0.4 is 5.32 Å². The average Bonchev–Trinajstić information content (AvgIpc) is 2.21. The Balaban J connectivity index is 2.52. The molecule has 5 heteroatoms. The van der Waals surface area contributed by atoms with Crippen molar-refractivity contribution in [2.24, 2.45) is 5.92 Å². The number of benzene rings is 1. The van der Waals surface area contributed by atoms with Gasteiger partial charge in [0.25, 0.3) is 0 Å². The van der Waals surface area contributed by atoms with Crippen molar-refractivity contribution >= 4 is 6.09 Å². The third-order valence-corrected chi connectivity index (χ3v) is 2.23. The lowest BCUT2D eigenvalue weighted by molar-refractivity contribution is 0.192. The van der Waals surface area contributed by atoms with Crippen LogP contribution in [0.4, 0.5) is 4.79 Å². The molecule has 0 heterocycles. The molecule has 1 amide bonds. The number of aromatic hydroxyl groups is 2. The van der Waals surface area contributed by atoms with E-state index >= 15 is 0 Å². The van der Waals surface area contributed by atoms with E-state index in [1.807, 2.05) is 6.92 Å². The molecule has 1 rings (SSSR count). The van der Waals surface area contributed by atoms with E-state index in [1.54, 1.807) is 6.07 Å². The molecule has 0 bridgehead atoms. The topological polar surface area (TPSA) is 89.8 Å². The molecule has 0 aliphatic heterocycles. The number of phenols is 2. The molecule has 1 unspecified atom stereocenters. The largest absolute Gasteiger partial charge is 0.504 e. The zero-order valence-corrected chi connectivity index (χ0v) is 8.97. The summed E-state index contributed by atoms with van der Waals surface area (Å²) in [6, 6.07) is 4.60. The Kier molecular flexibility index (Phi) is 3.99. The van der Waals surface area contributed by atoms with Gasteiger partial charge in [-0.3, -0.25) is 0 Å². The summed E-state index contributed by atoms with van der Waals surface area (Å²) in [6.07, 6.45) is -0.408. The first-order valence-corrected chi connectivity index (χ1v) is 4.96. The van der Waals surface area contributed by atoms with Gasteiger partial charge in [-0.1, -0.05) is 13.0 Å². The third-order valence-electron chi connectivity index (χ3n) is 2.23. The molecule has 0 aliphatic carbocycles. The quantitative estimate of drug-likeness (QED) is 0.585. The van der Waals surface area contributed by atoms with Crippen molar-refractivity contribution in [2.45, 2.75) is 13.3 Å². The van der Waals surface area contributed by atoms with Crippen molar-refractivity contribution in [3.63, 3.8) is 0 Å². The standard InChI is InChI=1S/C11H15NO4/c1-7(6-12-11(15)16)4-8-2-3-9(13)10(14)5-8/h2-3,5,7,12-14H,4,6H2,1H3,(H,15,16). The van der Waals surface area contributed by atoms with Gasteiger partial charge < -0.3 is 20.6 Å². The van der Waals surface area contributed by atoms with Crippen molar-refractivity contribution in [1.29, 1.82) is 0 Å². The average molecular weight is 225 g/mol. The highest BCUT2D eigenvalue weighted by Crippen LogP contribution is 2.25. The highest BCUT2D eigenvalue weighted by Gasteiger charge is 2.07. The first kappa shape index (κ1) is 12.2. The van der Waals surface area contributed by atoms with Crippen LogP contribution in [0, 0.1) is 5.92 Å². The maximum Gasteiger partial charge on any atom is 0.404 e. The van der Waals surface area contributed by atoms with Gasteiger partial charge in [-0.2, -0.15) is 0 Å². The molecule has 0 spiro atoms. The highest BCUT2D eigenvalue weighted by molar-refractivity contribution is 5.64. The molecule has 0 aromatic heterocycles. The fourth-order valence-corrected chi connectivity index (χ4v) is 1.43. The van der Waals surface area contributed by atoms with Gasteiger partial charge in [0.15, 0.2) is 11.5 Å². The Bertz CT molecular complexity index is 378. The second kappa shape index (κ2) is 5.25. The molecule has 88 valence electrons. The zero-order chi connectivity index (χ0) is 12.1. The zero-order valence-electron chi connectivity index (χ0n) is 8.97. The van der Waals surface area contributed by atoms with E-state index in [2.05, 4.69) is 5.32 Å². The fraction of sp³-hybridized carbons (Fsp3) is 0.364. The number of rotatable bonds is 4. The highest BCUT2D eigenvalue weighted by atomic mass is 16.4. The molecule has 1 aromatic rings. The van der Waals surface area contributed by atoms with Crippen LogP contribution in [0.3, 0.4) is 0 Å². The van der Waals surface area contributed by atoms with E-state index in [1.165, 1.54) is 12.1 Å². The minimum Gasteiger partial charge on any atom is -0.504 e. The first-order chi connectivity index (χ1) is 7.49. The van der Waals surface area contributed by atoms with E-state index in [4.69, 9.17) is 10.2 Å². The molecule has 0 aliphatic rings. The summed E-state index contributed by atoms with van der Waals surface area (Å²) < 4.78 is 0. The number of carboxylic acid groups (broad SMARTS) is 1. The van der Waals surface area contributed by atoms with Crippen molar-refractivity contribution in [1.82, 2.24) is 5.32 Å². The summed E-state index contributed by atoms with van der Waals surface area (Å²) in [5.41, 5.74) is 0.856. The predicted octanol–water partition coefficient (Wildman–Crippen LogP) is 1.54. The fourth-order valence-electron chi connectivity index (χ4n) is 1.43. The number of nitrogens with one attached hydrogen (secondary N) is 1. The van der Waals surface area contributed by atoms with Gasteiger partial charge in [0.2, 0.25) is 0 Å². The summed E-state index contributed by atoms with van der Waals surface area (Å²) in [5.74, 6) is -0.184. The lowest BCUT2D eigenvalue weighted by Crippen LogP contribution is -2.27. The van der Waals surface area contributed by atoms with Crippen LogP contribution in [0.5, 0.6) is 11.5 Å². The van der Waals surface area contributed by atoms with Gasteiger partial charge in [0.05, 0.1) is 0 Å². The Morgan fingerprint density at radius 1 is 1.38 bits per heavy atom. The molecule has 0 saturated heterocycles. The molecule has 0 radical (unpaired) electrons. The maximum atomic E-state index is 10.3. The maximum absolute atomic E-state index is 10.3. The van der Waals surface area contributed by atoms with Crippen LogP contribution in [-0.2, 0) is 6.42 Å². The summed E-state index contributed by atoms with van der Waals surface area (Å²) in [7, 11) is 0. The van der Waals surface area contributed by atoms with Gasteiger partial charge in [0, 0.05) is 6.54 Å². The smallest absolute Gasteiger partial charge is 0.404 e. The Labute approximate surface area is 93.4 Å². The number of carbonyl (C=O) groups is 1. The van der Waals surface area contributed by atoms with Crippen LogP contribution >= 0.6 is 0 Å². The molecule has 1 atom stereocenters. The van der Waals surface area contributed by atoms with Crippen molar-refractivity contribution < 1.29 is 20.1 Å². The summed E-state index contributed by atoms with van der Waals surface area (Å²) in [6.45, 7) is 2.26. The Morgan fingerprint density at radius 3 is 2.62 bits per heavy atom. The lowest BCUT2D eigenvalue weighted by atomic mass is 10.0. The van der Waals surface area contributed by atoms with Gasteiger partial charge >= 0.3 is 6.09 Å². The summed E-state index contributed by atoms with van der Waals surface area (Å²) in [5, 5.41) is 29.1. The van der Waals surface area contributed by atoms with Crippen LogP contribution in [0.15, 0.2) is 18.2 Å². The summed E-state index contributed by atoms with van der Waals surface area (Å²) >= 11 is 0. The van der Waals surface area contributed by atoms with E-state index in [-0.39, 0.29) is 17.4 Å². The van der Waals surface area contributed by atoms with Gasteiger partial charge in [-0.25, -0.2) is 4.79 Å². The van der Waals surface area contributed by atoms with Crippen LogP contribution in [0.1, 0.15) is 12.5 Å². The third kappa shape index (κ3) is 3.68. The number of hydrogen-bond donors (Lipinski definition) is 4. The molecule has 0 saturated carbocycles. The molecular weight excluding hydrogens is 210 g/mol. The van der Waals surface area contributed by atoms with Gasteiger partial charge in [-0.05, 0) is 30.0 Å². The minimum absolute atomic E-state index is 0.125. The van der Waals surface area contributed by atoms with Crippen LogP contribution in [0.25, 0.3) is 0 Å². The molecule has 0 fully saturated rings. The van der Waals surface area contributed by atoms with E-state index in [0.717, 1.165) is 5.56 Å². The number of hydrogen-bond acceptors (Lipinski definition) is 3. The molecular formula is C11H15NO4. The molecule has 4 N–H and O–H groups in total. The van der Waals surface area contributed by atoms with Gasteiger partial charge in [-0.15, -0.1) is 0 Å². The van der Waals surface area contributed by atoms with Crippen molar-refractivity contribution in [2.75, 3.05) is 6.54 Å². The second-order valence-electron chi connectivity index (χ2n) is 3.82. The normalized spacial score (nSPS) is 12.1. The van der Waals surface area contributed by atoms with Crippen molar-refractivity contribution in [3.05, 3.63) is 23.8 Å². The van der Waals surface area contributed by atoms with Crippen LogP contribution in [-0.4, -0.2) is 28.0 Å². The van der Waals surface area contributed by atoms with Crippen LogP contribution in [0.2, 0.25) is 0 Å². The molecule has 5 nitrogen and oxygen atoms in total. The van der Waals surface area contributed by atoms with E-state index in [9.17, 15) is 9.90 Å². The minimum atomic E-state index is -1.04. The Morgan fingerprint density at radius 2 is 2.06 bits per heavy atom. The number of amides is 1.